The van der Waals surface area contributed by atoms with Gasteiger partial charge in [-0.3, -0.25) is 4.79 Å². The molecule has 0 bridgehead atoms. The summed E-state index contributed by atoms with van der Waals surface area (Å²) in [5.74, 6) is -3.06. The van der Waals surface area contributed by atoms with Gasteiger partial charge in [-0.1, -0.05) is 6.07 Å². The molecule has 104 valence electrons. The standard InChI is InChI=1S/C14H11F2NO3/c15-11-3-1-8(5-12(11)16)7-17-14(20)10-6-9(18)2-4-13(10)19/h1-6,18-19H,7H2,(H,17,20). The molecule has 2 rings (SSSR count). The van der Waals surface area contributed by atoms with Gasteiger partial charge < -0.3 is 15.5 Å². The van der Waals surface area contributed by atoms with Crippen LogP contribution in [-0.2, 0) is 6.54 Å². The number of phenols is 2. The fourth-order valence-electron chi connectivity index (χ4n) is 1.63. The quantitative estimate of drug-likeness (QED) is 0.755. The summed E-state index contributed by atoms with van der Waals surface area (Å²) < 4.78 is 25.7. The molecule has 0 aliphatic rings. The minimum atomic E-state index is -1.00. The Balaban J connectivity index is 2.08. The van der Waals surface area contributed by atoms with Gasteiger partial charge in [-0.05, 0) is 35.9 Å². The first-order chi connectivity index (χ1) is 9.47. The Morgan fingerprint density at radius 1 is 1.05 bits per heavy atom. The normalized spacial score (nSPS) is 10.3. The fourth-order valence-corrected chi connectivity index (χ4v) is 1.63. The molecular formula is C14H11F2NO3. The summed E-state index contributed by atoms with van der Waals surface area (Å²) in [6.07, 6.45) is 0. The van der Waals surface area contributed by atoms with Crippen molar-refractivity contribution in [2.24, 2.45) is 0 Å². The first kappa shape index (κ1) is 13.8. The van der Waals surface area contributed by atoms with Gasteiger partial charge in [0.25, 0.3) is 5.91 Å². The number of aromatic hydroxyl groups is 2. The largest absolute Gasteiger partial charge is 0.508 e. The molecule has 20 heavy (non-hydrogen) atoms. The summed E-state index contributed by atoms with van der Waals surface area (Å²) in [5, 5.41) is 21.2. The van der Waals surface area contributed by atoms with Gasteiger partial charge in [-0.25, -0.2) is 8.78 Å². The minimum absolute atomic E-state index is 0.0366. The van der Waals surface area contributed by atoms with Crippen LogP contribution in [0.15, 0.2) is 36.4 Å². The number of carbonyl (C=O) groups is 1. The Morgan fingerprint density at radius 3 is 2.50 bits per heavy atom. The maximum Gasteiger partial charge on any atom is 0.255 e. The van der Waals surface area contributed by atoms with Crippen LogP contribution >= 0.6 is 0 Å². The predicted molar refractivity (Wildman–Crippen MR) is 67.3 cm³/mol. The highest BCUT2D eigenvalue weighted by molar-refractivity contribution is 5.97. The highest BCUT2D eigenvalue weighted by atomic mass is 19.2. The van der Waals surface area contributed by atoms with Crippen LogP contribution in [0.3, 0.4) is 0 Å². The van der Waals surface area contributed by atoms with Crippen LogP contribution in [0.5, 0.6) is 11.5 Å². The van der Waals surface area contributed by atoms with E-state index in [1.165, 1.54) is 18.2 Å². The molecular weight excluding hydrogens is 268 g/mol. The lowest BCUT2D eigenvalue weighted by molar-refractivity contribution is 0.0947. The van der Waals surface area contributed by atoms with Crippen LogP contribution in [0, 0.1) is 11.6 Å². The van der Waals surface area contributed by atoms with Crippen molar-refractivity contribution in [2.75, 3.05) is 0 Å². The zero-order valence-electron chi connectivity index (χ0n) is 10.2. The second-order valence-electron chi connectivity index (χ2n) is 4.13. The van der Waals surface area contributed by atoms with Crippen LogP contribution in [0.1, 0.15) is 15.9 Å². The summed E-state index contributed by atoms with van der Waals surface area (Å²) in [5.41, 5.74) is 0.268. The molecule has 0 spiro atoms. The molecule has 0 aliphatic heterocycles. The van der Waals surface area contributed by atoms with Crippen LogP contribution in [-0.4, -0.2) is 16.1 Å². The van der Waals surface area contributed by atoms with Crippen molar-refractivity contribution in [3.63, 3.8) is 0 Å². The number of rotatable bonds is 3. The highest BCUT2D eigenvalue weighted by Crippen LogP contribution is 2.21. The molecule has 0 aliphatic carbocycles. The van der Waals surface area contributed by atoms with E-state index < -0.39 is 17.5 Å². The SMILES string of the molecule is O=C(NCc1ccc(F)c(F)c1)c1cc(O)ccc1O. The van der Waals surface area contributed by atoms with E-state index in [9.17, 15) is 23.8 Å². The van der Waals surface area contributed by atoms with Gasteiger partial charge in [-0.15, -0.1) is 0 Å². The molecule has 0 heterocycles. The monoisotopic (exact) mass is 279 g/mol. The lowest BCUT2D eigenvalue weighted by atomic mass is 10.1. The topological polar surface area (TPSA) is 69.6 Å². The summed E-state index contributed by atoms with van der Waals surface area (Å²) in [6.45, 7) is -0.0366. The van der Waals surface area contributed by atoms with Crippen LogP contribution in [0.2, 0.25) is 0 Å². The highest BCUT2D eigenvalue weighted by Gasteiger charge is 2.12. The van der Waals surface area contributed by atoms with Crippen molar-refractivity contribution in [3.05, 3.63) is 59.2 Å². The molecule has 2 aromatic rings. The van der Waals surface area contributed by atoms with E-state index in [0.717, 1.165) is 18.2 Å². The molecule has 0 saturated heterocycles. The van der Waals surface area contributed by atoms with Crippen LogP contribution < -0.4 is 5.32 Å². The summed E-state index contributed by atoms with van der Waals surface area (Å²) in [4.78, 5) is 11.8. The van der Waals surface area contributed by atoms with E-state index in [1.54, 1.807) is 0 Å². The number of hydrogen-bond acceptors (Lipinski definition) is 3. The third-order valence-corrected chi connectivity index (χ3v) is 2.66. The van der Waals surface area contributed by atoms with E-state index in [1.807, 2.05) is 0 Å². The summed E-state index contributed by atoms with van der Waals surface area (Å²) in [7, 11) is 0. The van der Waals surface area contributed by atoms with Crippen LogP contribution in [0.25, 0.3) is 0 Å². The zero-order chi connectivity index (χ0) is 14.7. The molecule has 3 N–H and O–H groups in total. The van der Waals surface area contributed by atoms with Gasteiger partial charge in [0.15, 0.2) is 11.6 Å². The first-order valence-corrected chi connectivity index (χ1v) is 5.71. The lowest BCUT2D eigenvalue weighted by Crippen LogP contribution is -2.22. The van der Waals surface area contributed by atoms with Gasteiger partial charge in [0.05, 0.1) is 5.56 Å². The second-order valence-corrected chi connectivity index (χ2v) is 4.13. The van der Waals surface area contributed by atoms with Crippen molar-refractivity contribution in [2.45, 2.75) is 6.54 Å². The Hall–Kier alpha value is -2.63. The van der Waals surface area contributed by atoms with E-state index in [-0.39, 0.29) is 23.6 Å². The first-order valence-electron chi connectivity index (χ1n) is 5.71. The molecule has 4 nitrogen and oxygen atoms in total. The number of benzene rings is 2. The fraction of sp³-hybridized carbons (Fsp3) is 0.0714. The van der Waals surface area contributed by atoms with Gasteiger partial charge >= 0.3 is 0 Å². The predicted octanol–water partition coefficient (Wildman–Crippen LogP) is 2.31. The molecule has 0 aromatic heterocycles. The lowest BCUT2D eigenvalue weighted by Gasteiger charge is -2.07. The van der Waals surface area contributed by atoms with E-state index >= 15 is 0 Å². The number of phenolic OH excluding ortho intramolecular Hbond substituents is 2. The molecule has 0 fully saturated rings. The van der Waals surface area contributed by atoms with E-state index in [4.69, 9.17) is 0 Å². The van der Waals surface area contributed by atoms with Gasteiger partial charge in [0, 0.05) is 6.54 Å². The van der Waals surface area contributed by atoms with Crippen molar-refractivity contribution in [1.29, 1.82) is 0 Å². The van der Waals surface area contributed by atoms with Crippen molar-refractivity contribution in [1.82, 2.24) is 5.32 Å². The van der Waals surface area contributed by atoms with Gasteiger partial charge in [0.1, 0.15) is 11.5 Å². The molecule has 1 amide bonds. The molecule has 6 heteroatoms. The Bertz CT molecular complexity index is 659. The number of hydrogen-bond donors (Lipinski definition) is 3. The average molecular weight is 279 g/mol. The molecule has 2 aromatic carbocycles. The zero-order valence-corrected chi connectivity index (χ0v) is 10.2. The maximum absolute atomic E-state index is 13.0. The molecule has 0 radical (unpaired) electrons. The third kappa shape index (κ3) is 3.03. The van der Waals surface area contributed by atoms with Gasteiger partial charge in [0.2, 0.25) is 0 Å². The minimum Gasteiger partial charge on any atom is -0.508 e. The molecule has 0 saturated carbocycles. The van der Waals surface area contributed by atoms with Crippen LogP contribution in [0.4, 0.5) is 8.78 Å². The average Bonchev–Trinajstić information content (AvgIpc) is 2.42. The smallest absolute Gasteiger partial charge is 0.255 e. The number of carbonyl (C=O) groups excluding carboxylic acids is 1. The Kier molecular flexibility index (Phi) is 3.84. The number of nitrogens with one attached hydrogen (secondary N) is 1. The second kappa shape index (κ2) is 5.56. The number of halogens is 2. The summed E-state index contributed by atoms with van der Waals surface area (Å²) >= 11 is 0. The van der Waals surface area contributed by atoms with Crippen molar-refractivity contribution >= 4 is 5.91 Å². The van der Waals surface area contributed by atoms with Crippen molar-refractivity contribution in [3.8, 4) is 11.5 Å². The number of amides is 1. The van der Waals surface area contributed by atoms with Gasteiger partial charge in [-0.2, -0.15) is 0 Å². The molecule has 0 unspecified atom stereocenters. The molecule has 0 atom stereocenters. The summed E-state index contributed by atoms with van der Waals surface area (Å²) in [6, 6.07) is 6.79. The Labute approximate surface area is 113 Å². The van der Waals surface area contributed by atoms with Crippen molar-refractivity contribution < 1.29 is 23.8 Å². The van der Waals surface area contributed by atoms with E-state index in [2.05, 4.69) is 5.32 Å². The Morgan fingerprint density at radius 2 is 1.80 bits per heavy atom. The van der Waals surface area contributed by atoms with E-state index in [0.29, 0.717) is 5.56 Å². The third-order valence-electron chi connectivity index (χ3n) is 2.66. The maximum atomic E-state index is 13.0.